The van der Waals surface area contributed by atoms with E-state index < -0.39 is 36.8 Å². The number of hydrogen-bond acceptors (Lipinski definition) is 7. The molecule has 4 saturated heterocycles. The predicted molar refractivity (Wildman–Crippen MR) is 166 cm³/mol. The third-order valence-corrected chi connectivity index (χ3v) is 12.6. The number of benzene rings is 1. The molecule has 0 bridgehead atoms. The normalized spacial score (nSPS) is 29.7. The van der Waals surface area contributed by atoms with Gasteiger partial charge in [0.2, 0.25) is 17.7 Å². The predicted octanol–water partition coefficient (Wildman–Crippen LogP) is 2.72. The fourth-order valence-electron chi connectivity index (χ4n) is 7.79. The maximum absolute atomic E-state index is 14.3. The van der Waals surface area contributed by atoms with E-state index in [0.29, 0.717) is 75.7 Å². The van der Waals surface area contributed by atoms with Crippen molar-refractivity contribution in [2.45, 2.75) is 62.3 Å². The van der Waals surface area contributed by atoms with E-state index in [1.807, 2.05) is 0 Å². The molecular weight excluding hydrogens is 657 g/mol. The molecule has 0 radical (unpaired) electrons. The number of rotatable bonds is 6. The summed E-state index contributed by atoms with van der Waals surface area (Å²) in [6.45, 7) is 2.85. The van der Waals surface area contributed by atoms with Crippen molar-refractivity contribution in [3.05, 3.63) is 34.7 Å². The van der Waals surface area contributed by atoms with Crippen LogP contribution in [0.4, 0.5) is 8.78 Å². The quantitative estimate of drug-likeness (QED) is 0.390. The molecule has 16 heteroatoms. The van der Waals surface area contributed by atoms with E-state index in [0.717, 1.165) is 36.3 Å². The SMILES string of the molecule is O=C(N[C@H]1C[C@@H]2C[C@@H]2C[C@H]2CC[C@@H](C(=O)N3CC[C@H](C(=O)N4CCOCC4)C3)N2C1=O)c1cc2cc(C(F)(F)P(=O)(O)O)ccc2s1. The van der Waals surface area contributed by atoms with E-state index in [4.69, 9.17) is 14.5 Å². The molecule has 1 aromatic heterocycles. The van der Waals surface area contributed by atoms with Crippen LogP contribution >= 0.6 is 18.9 Å². The molecule has 5 fully saturated rings. The monoisotopic (exact) mass is 694 g/mol. The van der Waals surface area contributed by atoms with E-state index in [2.05, 4.69) is 5.32 Å². The molecule has 5 aliphatic rings. The molecule has 0 spiro atoms. The Morgan fingerprint density at radius 1 is 0.957 bits per heavy atom. The van der Waals surface area contributed by atoms with Gasteiger partial charge in [-0.3, -0.25) is 23.7 Å². The molecule has 7 rings (SSSR count). The van der Waals surface area contributed by atoms with E-state index in [-0.39, 0.29) is 45.9 Å². The van der Waals surface area contributed by atoms with Crippen LogP contribution < -0.4 is 5.32 Å². The number of carbonyl (C=O) groups is 4. The molecule has 3 N–H and O–H groups in total. The van der Waals surface area contributed by atoms with E-state index >= 15 is 0 Å². The van der Waals surface area contributed by atoms with Gasteiger partial charge in [-0.1, -0.05) is 6.07 Å². The summed E-state index contributed by atoms with van der Waals surface area (Å²) >= 11 is 1.02. The van der Waals surface area contributed by atoms with Crippen molar-refractivity contribution in [1.29, 1.82) is 0 Å². The van der Waals surface area contributed by atoms with Crippen molar-refractivity contribution < 1.29 is 47.0 Å². The fraction of sp³-hybridized carbons (Fsp3) is 0.613. The number of morpholine rings is 1. The van der Waals surface area contributed by atoms with Gasteiger partial charge >= 0.3 is 13.3 Å². The summed E-state index contributed by atoms with van der Waals surface area (Å²) in [7, 11) is -5.76. The molecule has 0 unspecified atom stereocenters. The average Bonchev–Trinajstić information content (AvgIpc) is 3.43. The first-order chi connectivity index (χ1) is 22.3. The van der Waals surface area contributed by atoms with E-state index in [9.17, 15) is 32.5 Å². The molecule has 47 heavy (non-hydrogen) atoms. The topological polar surface area (TPSA) is 157 Å². The van der Waals surface area contributed by atoms with Gasteiger partial charge < -0.3 is 34.5 Å². The van der Waals surface area contributed by atoms with Crippen LogP contribution in [0.3, 0.4) is 0 Å². The second kappa shape index (κ2) is 12.2. The number of ether oxygens (including phenoxy) is 1. The minimum atomic E-state index is -5.76. The number of fused-ring (bicyclic) bond motifs is 3. The van der Waals surface area contributed by atoms with Gasteiger partial charge in [0.05, 0.1) is 24.0 Å². The first kappa shape index (κ1) is 32.6. The zero-order valence-electron chi connectivity index (χ0n) is 25.6. The highest BCUT2D eigenvalue weighted by Crippen LogP contribution is 2.59. The number of thiophene rings is 1. The number of halogens is 2. The number of hydrogen-bond donors (Lipinski definition) is 3. The van der Waals surface area contributed by atoms with Crippen molar-refractivity contribution in [2.24, 2.45) is 17.8 Å². The van der Waals surface area contributed by atoms with Crippen molar-refractivity contribution in [3.8, 4) is 0 Å². The van der Waals surface area contributed by atoms with Gasteiger partial charge in [-0.2, -0.15) is 8.78 Å². The first-order valence-corrected chi connectivity index (χ1v) is 18.5. The number of amides is 4. The van der Waals surface area contributed by atoms with Crippen molar-refractivity contribution in [1.82, 2.24) is 20.0 Å². The highest BCUT2D eigenvalue weighted by molar-refractivity contribution is 7.52. The van der Waals surface area contributed by atoms with Crippen LogP contribution in [0, 0.1) is 17.8 Å². The van der Waals surface area contributed by atoms with Crippen molar-refractivity contribution >= 4 is 52.6 Å². The summed E-state index contributed by atoms with van der Waals surface area (Å²) in [5, 5.41) is 3.08. The summed E-state index contributed by atoms with van der Waals surface area (Å²) < 4.78 is 45.8. The Morgan fingerprint density at radius 2 is 1.70 bits per heavy atom. The smallest absolute Gasteiger partial charge is 0.378 e. The van der Waals surface area contributed by atoms with Crippen molar-refractivity contribution in [3.63, 3.8) is 0 Å². The molecule has 4 amide bonds. The molecule has 254 valence electrons. The maximum Gasteiger partial charge on any atom is 0.399 e. The summed E-state index contributed by atoms with van der Waals surface area (Å²) in [6.07, 6.45) is 3.97. The lowest BCUT2D eigenvalue weighted by Crippen LogP contribution is -2.57. The Labute approximate surface area is 273 Å². The zero-order valence-corrected chi connectivity index (χ0v) is 27.3. The lowest BCUT2D eigenvalue weighted by Gasteiger charge is -2.36. The molecule has 1 aromatic carbocycles. The molecule has 2 aromatic rings. The van der Waals surface area contributed by atoms with Crippen LogP contribution in [-0.2, 0) is 29.3 Å². The van der Waals surface area contributed by atoms with Gasteiger partial charge in [-0.25, -0.2) is 0 Å². The first-order valence-electron chi connectivity index (χ1n) is 16.1. The standard InChI is InChI=1S/C31H37F2N4O8PS/c32-31(33,46(42,43)44)21-1-4-25-20(12-21)15-26(47-25)27(38)34-23-14-19-11-18(19)13-22-2-3-24(37(22)29(23)40)30(41)36-6-5-17(16-36)28(39)35-7-9-45-10-8-35/h1,4,12,15,17-19,22-24H,2-3,5-11,13-14,16H2,(H,34,38)(H2,42,43,44)/t17-,18+,19-,22+,23-,24-/m0/s1. The Bertz CT molecular complexity index is 1660. The molecule has 5 heterocycles. The average molecular weight is 695 g/mol. The minimum absolute atomic E-state index is 0.0331. The van der Waals surface area contributed by atoms with Gasteiger partial charge in [0.15, 0.2) is 0 Å². The van der Waals surface area contributed by atoms with Crippen molar-refractivity contribution in [2.75, 3.05) is 39.4 Å². The molecule has 6 atom stereocenters. The number of nitrogens with one attached hydrogen (secondary N) is 1. The Morgan fingerprint density at radius 3 is 2.45 bits per heavy atom. The van der Waals surface area contributed by atoms with Gasteiger partial charge in [-0.05, 0) is 73.9 Å². The lowest BCUT2D eigenvalue weighted by atomic mass is 9.99. The van der Waals surface area contributed by atoms with Crippen LogP contribution in [-0.4, -0.2) is 106 Å². The molecular formula is C31H37F2N4O8PS. The lowest BCUT2D eigenvalue weighted by molar-refractivity contribution is -0.147. The number of alkyl halides is 2. The van der Waals surface area contributed by atoms with Crippen LogP contribution in [0.1, 0.15) is 53.8 Å². The molecule has 4 aliphatic heterocycles. The van der Waals surface area contributed by atoms with E-state index in [1.165, 1.54) is 12.1 Å². The largest absolute Gasteiger partial charge is 0.399 e. The highest BCUT2D eigenvalue weighted by atomic mass is 32.1. The summed E-state index contributed by atoms with van der Waals surface area (Å²) in [5.74, 6) is -0.593. The summed E-state index contributed by atoms with van der Waals surface area (Å²) in [6, 6.07) is 2.89. The fourth-order valence-corrected chi connectivity index (χ4v) is 9.21. The second-order valence-corrected chi connectivity index (χ2v) is 16.1. The van der Waals surface area contributed by atoms with Crippen LogP contribution in [0.5, 0.6) is 0 Å². The Hall–Kier alpha value is -2.97. The number of nitrogens with zero attached hydrogens (tertiary/aromatic N) is 3. The number of likely N-dealkylation sites (tertiary alicyclic amines) is 1. The third kappa shape index (κ3) is 6.09. The van der Waals surface area contributed by atoms with E-state index in [1.54, 1.807) is 14.7 Å². The molecule has 1 saturated carbocycles. The Balaban J connectivity index is 1.06. The highest BCUT2D eigenvalue weighted by Gasteiger charge is 2.53. The van der Waals surface area contributed by atoms with Gasteiger partial charge in [0, 0.05) is 42.5 Å². The molecule has 1 aliphatic carbocycles. The second-order valence-electron chi connectivity index (χ2n) is 13.4. The summed E-state index contributed by atoms with van der Waals surface area (Å²) in [4.78, 5) is 78.2. The van der Waals surface area contributed by atoms with Gasteiger partial charge in [0.25, 0.3) is 5.91 Å². The summed E-state index contributed by atoms with van der Waals surface area (Å²) in [5.41, 5.74) is -5.24. The van der Waals surface area contributed by atoms with Crippen LogP contribution in [0.2, 0.25) is 0 Å². The number of carbonyl (C=O) groups excluding carboxylic acids is 4. The van der Waals surface area contributed by atoms with Crippen LogP contribution in [0.15, 0.2) is 24.3 Å². The van der Waals surface area contributed by atoms with Crippen LogP contribution in [0.25, 0.3) is 10.1 Å². The maximum atomic E-state index is 14.3. The third-order valence-electron chi connectivity index (χ3n) is 10.5. The van der Waals surface area contributed by atoms with Gasteiger partial charge in [0.1, 0.15) is 12.1 Å². The zero-order chi connectivity index (χ0) is 33.2. The minimum Gasteiger partial charge on any atom is -0.378 e. The molecule has 12 nitrogen and oxygen atoms in total. The Kier molecular flexibility index (Phi) is 8.43. The van der Waals surface area contributed by atoms with Gasteiger partial charge in [-0.15, -0.1) is 11.3 Å².